The lowest BCUT2D eigenvalue weighted by Gasteiger charge is -2.42. The van der Waals surface area contributed by atoms with E-state index < -0.39 is 11.7 Å². The summed E-state index contributed by atoms with van der Waals surface area (Å²) in [6, 6.07) is 26.7. The number of nitrogens with zero attached hydrogens (tertiary/aromatic N) is 6. The molecule has 10 nitrogen and oxygen atoms in total. The van der Waals surface area contributed by atoms with Crippen molar-refractivity contribution in [2.24, 2.45) is 5.73 Å². The Labute approximate surface area is 263 Å². The Morgan fingerprint density at radius 2 is 1.78 bits per heavy atom. The van der Waals surface area contributed by atoms with Crippen LogP contribution in [0.25, 0.3) is 10.8 Å². The largest absolute Gasteiger partial charge is 0.455 e. The summed E-state index contributed by atoms with van der Waals surface area (Å²) in [5.41, 5.74) is 9.79. The number of piperazine rings is 1. The van der Waals surface area contributed by atoms with Crippen LogP contribution < -0.4 is 20.3 Å². The third-order valence-corrected chi connectivity index (χ3v) is 9.17. The standard InChI is InChI=1S/C35H37N7O3/c36-17-13-27-21-41(19-20-42(27)34(43)44-23-25-7-2-1-3-8-25)32-29-14-18-40(31-12-6-10-26-9-4-5-11-28(26)31)22-30(29)38-33(39-32)45-35(24-37)15-16-35/h1-12,27H,13-16,18-24,37H2/t27-/m0/s1. The van der Waals surface area contributed by atoms with Crippen molar-refractivity contribution < 1.29 is 14.3 Å². The van der Waals surface area contributed by atoms with Gasteiger partial charge in [-0.3, -0.25) is 0 Å². The molecule has 3 aliphatic rings. The van der Waals surface area contributed by atoms with Crippen LogP contribution in [0.5, 0.6) is 6.01 Å². The molecule has 1 saturated heterocycles. The number of carbonyl (C=O) groups is 1. The number of hydrogen-bond donors (Lipinski definition) is 1. The third kappa shape index (κ3) is 5.96. The first-order valence-electron chi connectivity index (χ1n) is 15.7. The molecule has 45 heavy (non-hydrogen) atoms. The van der Waals surface area contributed by atoms with Crippen molar-refractivity contribution in [1.82, 2.24) is 14.9 Å². The van der Waals surface area contributed by atoms with Crippen LogP contribution in [0.2, 0.25) is 0 Å². The predicted molar refractivity (Wildman–Crippen MR) is 172 cm³/mol. The zero-order valence-electron chi connectivity index (χ0n) is 25.3. The fourth-order valence-corrected chi connectivity index (χ4v) is 6.44. The molecule has 4 aromatic rings. The minimum Gasteiger partial charge on any atom is -0.455 e. The zero-order valence-corrected chi connectivity index (χ0v) is 25.3. The Bertz CT molecular complexity index is 1730. The molecule has 1 aliphatic carbocycles. The van der Waals surface area contributed by atoms with Crippen LogP contribution in [0.3, 0.4) is 0 Å². The molecule has 1 atom stereocenters. The maximum atomic E-state index is 13.2. The van der Waals surface area contributed by atoms with Crippen LogP contribution in [-0.4, -0.2) is 65.3 Å². The lowest BCUT2D eigenvalue weighted by atomic mass is 10.0. The van der Waals surface area contributed by atoms with Crippen LogP contribution in [0, 0.1) is 11.3 Å². The average Bonchev–Trinajstić information content (AvgIpc) is 3.86. The number of ether oxygens (including phenoxy) is 2. The number of rotatable bonds is 8. The van der Waals surface area contributed by atoms with E-state index in [1.165, 1.54) is 16.5 Å². The fourth-order valence-electron chi connectivity index (χ4n) is 6.44. The molecule has 0 bridgehead atoms. The summed E-state index contributed by atoms with van der Waals surface area (Å²) in [7, 11) is 0. The van der Waals surface area contributed by atoms with Gasteiger partial charge in [-0.1, -0.05) is 66.7 Å². The molecule has 1 aromatic heterocycles. The van der Waals surface area contributed by atoms with Gasteiger partial charge in [0.05, 0.1) is 30.8 Å². The SMILES string of the molecule is N#CC[C@H]1CN(c2nc(OC3(CN)CC3)nc3c2CCN(c2cccc4ccccc24)C3)CCN1C(=O)OCc1ccccc1. The number of aromatic nitrogens is 2. The predicted octanol–water partition coefficient (Wildman–Crippen LogP) is 4.80. The Kier molecular flexibility index (Phi) is 7.86. The molecule has 3 aromatic carbocycles. The third-order valence-electron chi connectivity index (χ3n) is 9.17. The van der Waals surface area contributed by atoms with E-state index in [1.807, 2.05) is 30.3 Å². The molecule has 7 rings (SSSR count). The number of fused-ring (bicyclic) bond motifs is 2. The number of hydrogen-bond acceptors (Lipinski definition) is 9. The summed E-state index contributed by atoms with van der Waals surface area (Å²) in [6.45, 7) is 3.49. The van der Waals surface area contributed by atoms with E-state index in [4.69, 9.17) is 25.2 Å². The van der Waals surface area contributed by atoms with Crippen molar-refractivity contribution in [3.8, 4) is 12.1 Å². The minimum absolute atomic E-state index is 0.190. The van der Waals surface area contributed by atoms with Gasteiger partial charge < -0.3 is 29.9 Å². The highest BCUT2D eigenvalue weighted by atomic mass is 16.6. The summed E-state index contributed by atoms with van der Waals surface area (Å²) in [5, 5.41) is 12.1. The van der Waals surface area contributed by atoms with E-state index in [0.29, 0.717) is 38.7 Å². The van der Waals surface area contributed by atoms with Crippen molar-refractivity contribution in [2.75, 3.05) is 42.5 Å². The highest BCUT2D eigenvalue weighted by Crippen LogP contribution is 2.40. The van der Waals surface area contributed by atoms with Crippen molar-refractivity contribution in [3.63, 3.8) is 0 Å². The maximum absolute atomic E-state index is 13.2. The van der Waals surface area contributed by atoms with Crippen LogP contribution in [0.4, 0.5) is 16.3 Å². The first-order chi connectivity index (χ1) is 22.1. The maximum Gasteiger partial charge on any atom is 0.410 e. The van der Waals surface area contributed by atoms with Gasteiger partial charge in [0.15, 0.2) is 0 Å². The molecule has 2 aliphatic heterocycles. The van der Waals surface area contributed by atoms with Crippen molar-refractivity contribution in [3.05, 3.63) is 89.6 Å². The molecular formula is C35H37N7O3. The topological polar surface area (TPSA) is 121 Å². The zero-order chi connectivity index (χ0) is 30.8. The lowest BCUT2D eigenvalue weighted by molar-refractivity contribution is 0.0767. The van der Waals surface area contributed by atoms with Gasteiger partial charge >= 0.3 is 12.1 Å². The number of benzene rings is 3. The lowest BCUT2D eigenvalue weighted by Crippen LogP contribution is -2.55. The highest BCUT2D eigenvalue weighted by molar-refractivity contribution is 5.94. The van der Waals surface area contributed by atoms with Gasteiger partial charge in [0.2, 0.25) is 0 Å². The summed E-state index contributed by atoms with van der Waals surface area (Å²) in [5.74, 6) is 0.820. The first kappa shape index (κ1) is 28.9. The van der Waals surface area contributed by atoms with Crippen LogP contribution in [-0.2, 0) is 24.3 Å². The Morgan fingerprint density at radius 1 is 0.978 bits per heavy atom. The minimum atomic E-state index is -0.406. The van der Waals surface area contributed by atoms with E-state index in [0.717, 1.165) is 48.4 Å². The van der Waals surface area contributed by atoms with Crippen LogP contribution in [0.1, 0.15) is 36.1 Å². The van der Waals surface area contributed by atoms with E-state index in [1.54, 1.807) is 4.90 Å². The number of amides is 1. The quantitative estimate of drug-likeness (QED) is 0.303. The molecular weight excluding hydrogens is 566 g/mol. The Balaban J connectivity index is 1.16. The number of nitrogens with two attached hydrogens (primary N) is 1. The average molecular weight is 604 g/mol. The smallest absolute Gasteiger partial charge is 0.410 e. The molecule has 2 N–H and O–H groups in total. The molecule has 0 unspecified atom stereocenters. The number of carbonyl (C=O) groups excluding carboxylic acids is 1. The van der Waals surface area contributed by atoms with Crippen LogP contribution in [0.15, 0.2) is 72.8 Å². The molecule has 2 fully saturated rings. The number of anilines is 2. The van der Waals surface area contributed by atoms with Crippen molar-refractivity contribution in [1.29, 1.82) is 5.26 Å². The molecule has 1 saturated carbocycles. The molecule has 3 heterocycles. The number of nitriles is 1. The van der Waals surface area contributed by atoms with E-state index in [9.17, 15) is 10.1 Å². The van der Waals surface area contributed by atoms with E-state index in [2.05, 4.69) is 58.3 Å². The summed E-state index contributed by atoms with van der Waals surface area (Å²) in [6.07, 6.45) is 2.32. The van der Waals surface area contributed by atoms with Gasteiger partial charge in [0, 0.05) is 49.4 Å². The van der Waals surface area contributed by atoms with Gasteiger partial charge in [0.25, 0.3) is 0 Å². The monoisotopic (exact) mass is 603 g/mol. The van der Waals surface area contributed by atoms with Gasteiger partial charge in [-0.05, 0) is 36.3 Å². The first-order valence-corrected chi connectivity index (χ1v) is 15.7. The van der Waals surface area contributed by atoms with Gasteiger partial charge in [-0.2, -0.15) is 15.2 Å². The summed E-state index contributed by atoms with van der Waals surface area (Å²) >= 11 is 0. The van der Waals surface area contributed by atoms with E-state index >= 15 is 0 Å². The summed E-state index contributed by atoms with van der Waals surface area (Å²) < 4.78 is 12.0. The second-order valence-electron chi connectivity index (χ2n) is 12.1. The highest BCUT2D eigenvalue weighted by Gasteiger charge is 2.45. The van der Waals surface area contributed by atoms with Crippen LogP contribution >= 0.6 is 0 Å². The molecule has 1 amide bonds. The molecule has 0 radical (unpaired) electrons. The summed E-state index contributed by atoms with van der Waals surface area (Å²) in [4.78, 5) is 29.3. The van der Waals surface area contributed by atoms with Crippen molar-refractivity contribution in [2.45, 2.75) is 50.5 Å². The normalized spacial score (nSPS) is 18.7. The van der Waals surface area contributed by atoms with Gasteiger partial charge in [-0.25, -0.2) is 4.79 Å². The van der Waals surface area contributed by atoms with E-state index in [-0.39, 0.29) is 19.1 Å². The van der Waals surface area contributed by atoms with Crippen molar-refractivity contribution >= 4 is 28.4 Å². The Hall–Kier alpha value is -4.88. The second kappa shape index (κ2) is 12.3. The molecule has 230 valence electrons. The van der Waals surface area contributed by atoms with Gasteiger partial charge in [-0.15, -0.1) is 0 Å². The fraction of sp³-hybridized carbons (Fsp3) is 0.371. The van der Waals surface area contributed by atoms with Gasteiger partial charge in [0.1, 0.15) is 18.0 Å². The Morgan fingerprint density at radius 3 is 2.58 bits per heavy atom. The second-order valence-corrected chi connectivity index (χ2v) is 12.1. The molecule has 10 heteroatoms. The molecule has 0 spiro atoms.